The van der Waals surface area contributed by atoms with E-state index in [1.807, 2.05) is 31.2 Å². The smallest absolute Gasteiger partial charge is 0.238 e. The van der Waals surface area contributed by atoms with Crippen molar-refractivity contribution in [3.05, 3.63) is 27.8 Å². The Morgan fingerprint density at radius 3 is 2.86 bits per heavy atom. The summed E-state index contributed by atoms with van der Waals surface area (Å²) in [5.41, 5.74) is 6.92. The van der Waals surface area contributed by atoms with Crippen LogP contribution in [0.15, 0.2) is 24.3 Å². The maximum Gasteiger partial charge on any atom is 0.238 e. The summed E-state index contributed by atoms with van der Waals surface area (Å²) in [6.07, 6.45) is 3.45. The SMILES string of the molecule is CC(N)C1CCCCN1CC(=O)Nc1ccccc1I.Cl. The van der Waals surface area contributed by atoms with Crippen molar-refractivity contribution in [3.63, 3.8) is 0 Å². The minimum absolute atomic E-state index is 0. The predicted octanol–water partition coefficient (Wildman–Crippen LogP) is 2.85. The van der Waals surface area contributed by atoms with E-state index in [0.29, 0.717) is 12.6 Å². The number of nitrogens with zero attached hydrogens (tertiary/aromatic N) is 1. The lowest BCUT2D eigenvalue weighted by Crippen LogP contribution is -2.51. The summed E-state index contributed by atoms with van der Waals surface area (Å²) in [5, 5.41) is 2.99. The van der Waals surface area contributed by atoms with Crippen molar-refractivity contribution in [1.29, 1.82) is 0 Å². The molecule has 0 aromatic heterocycles. The minimum Gasteiger partial charge on any atom is -0.327 e. The molecule has 21 heavy (non-hydrogen) atoms. The third-order valence-corrected chi connectivity index (χ3v) is 4.71. The second kappa shape index (κ2) is 8.92. The first kappa shape index (κ1) is 18.7. The van der Waals surface area contributed by atoms with E-state index in [9.17, 15) is 4.79 Å². The van der Waals surface area contributed by atoms with Crippen molar-refractivity contribution in [2.75, 3.05) is 18.4 Å². The van der Waals surface area contributed by atoms with E-state index >= 15 is 0 Å². The molecule has 0 spiro atoms. The normalized spacial score (nSPS) is 20.4. The number of carbonyl (C=O) groups excluding carboxylic acids is 1. The number of anilines is 1. The number of nitrogens with one attached hydrogen (secondary N) is 1. The van der Waals surface area contributed by atoms with Gasteiger partial charge in [-0.1, -0.05) is 18.6 Å². The van der Waals surface area contributed by atoms with Crippen molar-refractivity contribution in [2.45, 2.75) is 38.3 Å². The Hall–Kier alpha value is -0.370. The number of halogens is 2. The van der Waals surface area contributed by atoms with Crippen molar-refractivity contribution >= 4 is 46.6 Å². The van der Waals surface area contributed by atoms with Crippen LogP contribution in [0.25, 0.3) is 0 Å². The Labute approximate surface area is 146 Å². The molecular formula is C15H23ClIN3O. The van der Waals surface area contributed by atoms with Gasteiger partial charge in [-0.2, -0.15) is 0 Å². The molecule has 2 atom stereocenters. The molecule has 2 rings (SSSR count). The summed E-state index contributed by atoms with van der Waals surface area (Å²) >= 11 is 2.23. The van der Waals surface area contributed by atoms with E-state index in [1.54, 1.807) is 0 Å². The van der Waals surface area contributed by atoms with Gasteiger partial charge in [0.2, 0.25) is 5.91 Å². The summed E-state index contributed by atoms with van der Waals surface area (Å²) in [6, 6.07) is 8.25. The quantitative estimate of drug-likeness (QED) is 0.732. The maximum absolute atomic E-state index is 12.2. The van der Waals surface area contributed by atoms with E-state index in [-0.39, 0.29) is 24.4 Å². The van der Waals surface area contributed by atoms with Gasteiger partial charge >= 0.3 is 0 Å². The molecule has 0 radical (unpaired) electrons. The Balaban J connectivity index is 0.00000220. The second-order valence-corrected chi connectivity index (χ2v) is 6.58. The zero-order valence-electron chi connectivity index (χ0n) is 12.2. The van der Waals surface area contributed by atoms with Crippen LogP contribution in [0.2, 0.25) is 0 Å². The van der Waals surface area contributed by atoms with Gasteiger partial charge in [0.25, 0.3) is 0 Å². The van der Waals surface area contributed by atoms with Crippen LogP contribution in [0, 0.1) is 3.57 Å². The number of hydrogen-bond acceptors (Lipinski definition) is 3. The van der Waals surface area contributed by atoms with Gasteiger partial charge in [0.1, 0.15) is 0 Å². The number of carbonyl (C=O) groups is 1. The standard InChI is InChI=1S/C15H22IN3O.ClH/c1-11(17)14-8-4-5-9-19(14)10-15(20)18-13-7-3-2-6-12(13)16;/h2-3,6-7,11,14H,4-5,8-10,17H2,1H3,(H,18,20);1H. The third kappa shape index (κ3) is 5.39. The van der Waals surface area contributed by atoms with E-state index in [1.165, 1.54) is 6.42 Å². The number of hydrogen-bond donors (Lipinski definition) is 2. The van der Waals surface area contributed by atoms with Gasteiger partial charge < -0.3 is 11.1 Å². The third-order valence-electron chi connectivity index (χ3n) is 3.77. The summed E-state index contributed by atoms with van der Waals surface area (Å²) in [6.45, 7) is 3.42. The van der Waals surface area contributed by atoms with Crippen LogP contribution in [0.5, 0.6) is 0 Å². The molecule has 2 unspecified atom stereocenters. The lowest BCUT2D eigenvalue weighted by molar-refractivity contribution is -0.118. The molecule has 1 fully saturated rings. The summed E-state index contributed by atoms with van der Waals surface area (Å²) < 4.78 is 1.06. The van der Waals surface area contributed by atoms with Crippen molar-refractivity contribution in [2.24, 2.45) is 5.73 Å². The molecule has 3 N–H and O–H groups in total. The minimum atomic E-state index is 0. The molecule has 1 aromatic rings. The van der Waals surface area contributed by atoms with Crippen molar-refractivity contribution < 1.29 is 4.79 Å². The van der Waals surface area contributed by atoms with Gasteiger partial charge in [-0.15, -0.1) is 12.4 Å². The molecule has 0 aliphatic carbocycles. The topological polar surface area (TPSA) is 58.4 Å². The molecule has 0 saturated carbocycles. The maximum atomic E-state index is 12.2. The highest BCUT2D eigenvalue weighted by molar-refractivity contribution is 14.1. The molecule has 1 saturated heterocycles. The Bertz CT molecular complexity index is 470. The van der Waals surface area contributed by atoms with E-state index < -0.39 is 0 Å². The molecule has 6 heteroatoms. The Morgan fingerprint density at radius 1 is 1.48 bits per heavy atom. The van der Waals surface area contributed by atoms with Crippen LogP contribution in [-0.4, -0.2) is 36.0 Å². The number of likely N-dealkylation sites (tertiary alicyclic amines) is 1. The average molecular weight is 424 g/mol. The van der Waals surface area contributed by atoms with Crippen LogP contribution in [0.1, 0.15) is 26.2 Å². The lowest BCUT2D eigenvalue weighted by Gasteiger charge is -2.37. The fraction of sp³-hybridized carbons (Fsp3) is 0.533. The number of nitrogens with two attached hydrogens (primary N) is 1. The number of piperidine rings is 1. The Morgan fingerprint density at radius 2 is 2.19 bits per heavy atom. The highest BCUT2D eigenvalue weighted by Gasteiger charge is 2.26. The molecular weight excluding hydrogens is 401 g/mol. The average Bonchev–Trinajstić information content (AvgIpc) is 2.41. The van der Waals surface area contributed by atoms with Gasteiger partial charge in [-0.05, 0) is 61.0 Å². The van der Waals surface area contributed by atoms with Gasteiger partial charge in [-0.25, -0.2) is 0 Å². The first-order valence-corrected chi connectivity index (χ1v) is 8.20. The molecule has 118 valence electrons. The Kier molecular flexibility index (Phi) is 7.94. The number of benzene rings is 1. The highest BCUT2D eigenvalue weighted by Crippen LogP contribution is 2.20. The summed E-state index contributed by atoms with van der Waals surface area (Å²) in [7, 11) is 0. The van der Waals surface area contributed by atoms with Crippen LogP contribution in [0.4, 0.5) is 5.69 Å². The van der Waals surface area contributed by atoms with Gasteiger partial charge in [0.15, 0.2) is 0 Å². The van der Waals surface area contributed by atoms with Crippen LogP contribution >= 0.6 is 35.0 Å². The predicted molar refractivity (Wildman–Crippen MR) is 97.9 cm³/mol. The molecule has 1 amide bonds. The zero-order chi connectivity index (χ0) is 14.5. The fourth-order valence-electron chi connectivity index (χ4n) is 2.75. The zero-order valence-corrected chi connectivity index (χ0v) is 15.2. The van der Waals surface area contributed by atoms with Gasteiger partial charge in [0, 0.05) is 15.7 Å². The van der Waals surface area contributed by atoms with Crippen LogP contribution in [-0.2, 0) is 4.79 Å². The molecule has 1 heterocycles. The molecule has 4 nitrogen and oxygen atoms in total. The second-order valence-electron chi connectivity index (χ2n) is 5.42. The van der Waals surface area contributed by atoms with Gasteiger partial charge in [0.05, 0.1) is 12.2 Å². The van der Waals surface area contributed by atoms with Crippen molar-refractivity contribution in [1.82, 2.24) is 4.90 Å². The summed E-state index contributed by atoms with van der Waals surface area (Å²) in [5.74, 6) is 0.0432. The van der Waals surface area contributed by atoms with Gasteiger partial charge in [-0.3, -0.25) is 9.69 Å². The number of amides is 1. The first-order chi connectivity index (χ1) is 9.58. The van der Waals surface area contributed by atoms with E-state index in [0.717, 1.165) is 28.6 Å². The monoisotopic (exact) mass is 423 g/mol. The lowest BCUT2D eigenvalue weighted by atomic mass is 9.97. The molecule has 1 aliphatic rings. The number of rotatable bonds is 4. The van der Waals surface area contributed by atoms with E-state index in [4.69, 9.17) is 5.73 Å². The van der Waals surface area contributed by atoms with Crippen molar-refractivity contribution in [3.8, 4) is 0 Å². The van der Waals surface area contributed by atoms with E-state index in [2.05, 4.69) is 32.8 Å². The largest absolute Gasteiger partial charge is 0.327 e. The molecule has 0 bridgehead atoms. The van der Waals surface area contributed by atoms with Crippen LogP contribution < -0.4 is 11.1 Å². The summed E-state index contributed by atoms with van der Waals surface area (Å²) in [4.78, 5) is 14.4. The number of para-hydroxylation sites is 1. The van der Waals surface area contributed by atoms with Crippen LogP contribution in [0.3, 0.4) is 0 Å². The molecule has 1 aromatic carbocycles. The molecule has 1 aliphatic heterocycles. The first-order valence-electron chi connectivity index (χ1n) is 7.12. The highest BCUT2D eigenvalue weighted by atomic mass is 127. The fourth-order valence-corrected chi connectivity index (χ4v) is 3.27.